The summed E-state index contributed by atoms with van der Waals surface area (Å²) in [5.74, 6) is 0.456. The standard InChI is InChI=1S/C20H23ClN2O3/c1-2-15-3-6-17(7-4-15)26-14-20(24)22-16-5-8-19(18(21)13-16)23-9-11-25-12-10-23/h3-8,13H,2,9-12,14H2,1H3,(H,22,24). The largest absolute Gasteiger partial charge is 0.484 e. The van der Waals surface area contributed by atoms with E-state index in [0.717, 1.165) is 25.2 Å². The molecule has 6 heteroatoms. The number of aryl methyl sites for hydroxylation is 1. The summed E-state index contributed by atoms with van der Waals surface area (Å²) in [6.45, 7) is 5.08. The van der Waals surface area contributed by atoms with Crippen LogP contribution in [0.3, 0.4) is 0 Å². The van der Waals surface area contributed by atoms with Gasteiger partial charge >= 0.3 is 0 Å². The zero-order chi connectivity index (χ0) is 18.4. The van der Waals surface area contributed by atoms with E-state index in [4.69, 9.17) is 21.1 Å². The normalized spacial score (nSPS) is 14.2. The van der Waals surface area contributed by atoms with Gasteiger partial charge in [-0.1, -0.05) is 30.7 Å². The third kappa shape index (κ3) is 4.90. The lowest BCUT2D eigenvalue weighted by Crippen LogP contribution is -2.36. The van der Waals surface area contributed by atoms with Gasteiger partial charge in [-0.2, -0.15) is 0 Å². The molecule has 1 aliphatic rings. The number of morpholine rings is 1. The van der Waals surface area contributed by atoms with Crippen LogP contribution in [0.5, 0.6) is 5.75 Å². The average Bonchev–Trinajstić information content (AvgIpc) is 2.67. The number of nitrogens with zero attached hydrogens (tertiary/aromatic N) is 1. The summed E-state index contributed by atoms with van der Waals surface area (Å²) < 4.78 is 10.9. The Balaban J connectivity index is 1.54. The number of rotatable bonds is 6. The maximum Gasteiger partial charge on any atom is 0.262 e. The van der Waals surface area contributed by atoms with Crippen LogP contribution >= 0.6 is 11.6 Å². The van der Waals surface area contributed by atoms with E-state index in [9.17, 15) is 4.79 Å². The Morgan fingerprint density at radius 3 is 2.58 bits per heavy atom. The van der Waals surface area contributed by atoms with Crippen molar-refractivity contribution < 1.29 is 14.3 Å². The van der Waals surface area contributed by atoms with Crippen LogP contribution in [-0.4, -0.2) is 38.8 Å². The summed E-state index contributed by atoms with van der Waals surface area (Å²) >= 11 is 6.38. The van der Waals surface area contributed by atoms with Crippen molar-refractivity contribution in [3.8, 4) is 5.75 Å². The highest BCUT2D eigenvalue weighted by molar-refractivity contribution is 6.33. The van der Waals surface area contributed by atoms with Crippen molar-refractivity contribution in [2.24, 2.45) is 0 Å². The van der Waals surface area contributed by atoms with Gasteiger partial charge in [0, 0.05) is 18.8 Å². The summed E-state index contributed by atoms with van der Waals surface area (Å²) in [6.07, 6.45) is 0.974. The Morgan fingerprint density at radius 1 is 1.19 bits per heavy atom. The third-order valence-corrected chi connectivity index (χ3v) is 4.59. The second kappa shape index (κ2) is 8.92. The fourth-order valence-electron chi connectivity index (χ4n) is 2.81. The van der Waals surface area contributed by atoms with Crippen LogP contribution in [0, 0.1) is 0 Å². The number of benzene rings is 2. The molecule has 0 unspecified atom stereocenters. The van der Waals surface area contributed by atoms with Crippen LogP contribution in [0.15, 0.2) is 42.5 Å². The van der Waals surface area contributed by atoms with E-state index in [1.54, 1.807) is 6.07 Å². The molecule has 0 radical (unpaired) electrons. The molecule has 0 saturated carbocycles. The average molecular weight is 375 g/mol. The van der Waals surface area contributed by atoms with Crippen molar-refractivity contribution in [3.05, 3.63) is 53.1 Å². The minimum absolute atomic E-state index is 0.0473. The number of ether oxygens (including phenoxy) is 2. The SMILES string of the molecule is CCc1ccc(OCC(=O)Nc2ccc(N3CCOCC3)c(Cl)c2)cc1. The first-order valence-electron chi connectivity index (χ1n) is 8.79. The predicted molar refractivity (Wildman–Crippen MR) is 104 cm³/mol. The smallest absolute Gasteiger partial charge is 0.262 e. The van der Waals surface area contributed by atoms with E-state index in [2.05, 4.69) is 17.1 Å². The first kappa shape index (κ1) is 18.5. The molecule has 0 spiro atoms. The minimum Gasteiger partial charge on any atom is -0.484 e. The van der Waals surface area contributed by atoms with E-state index < -0.39 is 0 Å². The summed E-state index contributed by atoms with van der Waals surface area (Å²) in [5.41, 5.74) is 2.85. The number of nitrogens with one attached hydrogen (secondary N) is 1. The fraction of sp³-hybridized carbons (Fsp3) is 0.350. The van der Waals surface area contributed by atoms with Crippen molar-refractivity contribution in [1.82, 2.24) is 0 Å². The maximum absolute atomic E-state index is 12.1. The van der Waals surface area contributed by atoms with Crippen LogP contribution in [0.4, 0.5) is 11.4 Å². The second-order valence-electron chi connectivity index (χ2n) is 6.10. The molecule has 5 nitrogen and oxygen atoms in total. The van der Waals surface area contributed by atoms with Gasteiger partial charge in [-0.05, 0) is 42.3 Å². The minimum atomic E-state index is -0.222. The quantitative estimate of drug-likeness (QED) is 0.836. The molecule has 1 heterocycles. The molecule has 0 aliphatic carbocycles. The molecule has 0 atom stereocenters. The van der Waals surface area contributed by atoms with Gasteiger partial charge in [-0.15, -0.1) is 0 Å². The van der Waals surface area contributed by atoms with Crippen LogP contribution in [0.25, 0.3) is 0 Å². The van der Waals surface area contributed by atoms with Gasteiger partial charge in [0.25, 0.3) is 5.91 Å². The molecule has 0 aromatic heterocycles. The Labute approximate surface area is 158 Å². The highest BCUT2D eigenvalue weighted by atomic mass is 35.5. The van der Waals surface area contributed by atoms with Crippen LogP contribution in [-0.2, 0) is 16.0 Å². The number of hydrogen-bond donors (Lipinski definition) is 1. The number of carbonyl (C=O) groups excluding carboxylic acids is 1. The lowest BCUT2D eigenvalue weighted by molar-refractivity contribution is -0.118. The molecule has 3 rings (SSSR count). The highest BCUT2D eigenvalue weighted by Crippen LogP contribution is 2.29. The molecule has 1 aliphatic heterocycles. The van der Waals surface area contributed by atoms with E-state index in [0.29, 0.717) is 29.7 Å². The molecule has 1 fully saturated rings. The lowest BCUT2D eigenvalue weighted by atomic mass is 10.2. The summed E-state index contributed by atoms with van der Waals surface area (Å²) in [7, 11) is 0. The molecule has 2 aromatic rings. The van der Waals surface area contributed by atoms with Crippen LogP contribution < -0.4 is 15.0 Å². The molecule has 0 bridgehead atoms. The third-order valence-electron chi connectivity index (χ3n) is 4.28. The first-order valence-corrected chi connectivity index (χ1v) is 9.17. The molecular weight excluding hydrogens is 352 g/mol. The molecule has 26 heavy (non-hydrogen) atoms. The Kier molecular flexibility index (Phi) is 6.36. The number of anilines is 2. The van der Waals surface area contributed by atoms with Gasteiger partial charge in [0.05, 0.1) is 23.9 Å². The first-order chi connectivity index (χ1) is 12.7. The summed E-state index contributed by atoms with van der Waals surface area (Å²) in [4.78, 5) is 14.3. The Morgan fingerprint density at radius 2 is 1.92 bits per heavy atom. The number of carbonyl (C=O) groups is 1. The number of halogens is 1. The Bertz CT molecular complexity index is 743. The summed E-state index contributed by atoms with van der Waals surface area (Å²) in [6, 6.07) is 13.3. The van der Waals surface area contributed by atoms with Gasteiger partial charge in [0.1, 0.15) is 5.75 Å². The monoisotopic (exact) mass is 374 g/mol. The van der Waals surface area contributed by atoms with Gasteiger partial charge < -0.3 is 19.7 Å². The molecule has 1 saturated heterocycles. The van der Waals surface area contributed by atoms with E-state index >= 15 is 0 Å². The van der Waals surface area contributed by atoms with Crippen molar-refractivity contribution >= 4 is 28.9 Å². The predicted octanol–water partition coefficient (Wildman–Crippen LogP) is 3.76. The number of hydrogen-bond acceptors (Lipinski definition) is 4. The van der Waals surface area contributed by atoms with Crippen molar-refractivity contribution in [2.75, 3.05) is 43.1 Å². The van der Waals surface area contributed by atoms with Gasteiger partial charge in [0.15, 0.2) is 6.61 Å². The maximum atomic E-state index is 12.1. The summed E-state index contributed by atoms with van der Waals surface area (Å²) in [5, 5.41) is 3.43. The molecular formula is C20H23ClN2O3. The molecule has 138 valence electrons. The fourth-order valence-corrected chi connectivity index (χ4v) is 3.11. The molecule has 1 amide bonds. The van der Waals surface area contributed by atoms with Gasteiger partial charge in [-0.25, -0.2) is 0 Å². The Hall–Kier alpha value is -2.24. The molecule has 2 aromatic carbocycles. The zero-order valence-corrected chi connectivity index (χ0v) is 15.6. The number of amides is 1. The van der Waals surface area contributed by atoms with Crippen LogP contribution in [0.2, 0.25) is 5.02 Å². The van der Waals surface area contributed by atoms with Gasteiger partial charge in [-0.3, -0.25) is 4.79 Å². The highest BCUT2D eigenvalue weighted by Gasteiger charge is 2.15. The molecule has 1 N–H and O–H groups in total. The lowest BCUT2D eigenvalue weighted by Gasteiger charge is -2.29. The zero-order valence-electron chi connectivity index (χ0n) is 14.8. The van der Waals surface area contributed by atoms with E-state index in [1.807, 2.05) is 36.4 Å². The van der Waals surface area contributed by atoms with Crippen molar-refractivity contribution in [1.29, 1.82) is 0 Å². The van der Waals surface area contributed by atoms with E-state index in [-0.39, 0.29) is 12.5 Å². The van der Waals surface area contributed by atoms with Gasteiger partial charge in [0.2, 0.25) is 0 Å². The van der Waals surface area contributed by atoms with Crippen molar-refractivity contribution in [3.63, 3.8) is 0 Å². The van der Waals surface area contributed by atoms with Crippen LogP contribution in [0.1, 0.15) is 12.5 Å². The van der Waals surface area contributed by atoms with Crippen molar-refractivity contribution in [2.45, 2.75) is 13.3 Å². The topological polar surface area (TPSA) is 50.8 Å². The van der Waals surface area contributed by atoms with E-state index in [1.165, 1.54) is 5.56 Å². The second-order valence-corrected chi connectivity index (χ2v) is 6.51.